The van der Waals surface area contributed by atoms with Gasteiger partial charge in [-0.25, -0.2) is 4.98 Å². The molecule has 0 aliphatic carbocycles. The average molecular weight is 408 g/mol. The lowest BCUT2D eigenvalue weighted by atomic mass is 9.88. The van der Waals surface area contributed by atoms with Crippen molar-refractivity contribution in [1.29, 1.82) is 5.26 Å². The first-order valence-corrected chi connectivity index (χ1v) is 10.7. The number of carbonyl (C=O) groups excluding carboxylic acids is 1. The van der Waals surface area contributed by atoms with Crippen molar-refractivity contribution in [2.24, 2.45) is 16.8 Å². The van der Waals surface area contributed by atoms with Gasteiger partial charge in [-0.1, -0.05) is 26.0 Å². The van der Waals surface area contributed by atoms with Gasteiger partial charge in [0.05, 0.1) is 29.7 Å². The molecule has 2 aliphatic rings. The van der Waals surface area contributed by atoms with Crippen LogP contribution in [0.2, 0.25) is 0 Å². The van der Waals surface area contributed by atoms with Crippen LogP contribution >= 0.6 is 0 Å². The largest absolute Gasteiger partial charge is 0.353 e. The number of para-hydroxylation sites is 2. The number of carbonyl (C=O) groups is 1. The molecule has 0 saturated carbocycles. The number of hydrogen-bond donors (Lipinski definition) is 4. The Kier molecular flexibility index (Phi) is 5.73. The van der Waals surface area contributed by atoms with Crippen LogP contribution in [0.25, 0.3) is 11.0 Å². The van der Waals surface area contributed by atoms with E-state index in [2.05, 4.69) is 50.8 Å². The summed E-state index contributed by atoms with van der Waals surface area (Å²) in [5.74, 6) is 1.54. The topological polar surface area (TPSA) is 118 Å². The SMILES string of the molecule is CC(C)C[C@H](NC(=O)c1nc2ccccc2[nH]1)C1=NC[C@](C#N)(C[C@@H]2CCNC2)N1. The van der Waals surface area contributed by atoms with Crippen LogP contribution in [0, 0.1) is 23.2 Å². The number of nitriles is 1. The van der Waals surface area contributed by atoms with Gasteiger partial charge >= 0.3 is 0 Å². The fourth-order valence-electron chi connectivity index (χ4n) is 4.34. The zero-order valence-electron chi connectivity index (χ0n) is 17.5. The first-order chi connectivity index (χ1) is 14.5. The van der Waals surface area contributed by atoms with Gasteiger partial charge < -0.3 is 20.9 Å². The zero-order chi connectivity index (χ0) is 21.1. The number of amides is 1. The van der Waals surface area contributed by atoms with Gasteiger partial charge in [-0.3, -0.25) is 9.79 Å². The highest BCUT2D eigenvalue weighted by atomic mass is 16.2. The number of nitrogens with one attached hydrogen (secondary N) is 4. The Labute approximate surface area is 176 Å². The molecule has 1 fully saturated rings. The fraction of sp³-hybridized carbons (Fsp3) is 0.545. The van der Waals surface area contributed by atoms with Crippen molar-refractivity contribution in [2.75, 3.05) is 19.6 Å². The summed E-state index contributed by atoms with van der Waals surface area (Å²) >= 11 is 0. The molecule has 4 N–H and O–H groups in total. The maximum atomic E-state index is 12.9. The number of amidine groups is 1. The summed E-state index contributed by atoms with van der Waals surface area (Å²) in [6, 6.07) is 9.74. The van der Waals surface area contributed by atoms with E-state index in [9.17, 15) is 10.1 Å². The van der Waals surface area contributed by atoms with E-state index < -0.39 is 5.54 Å². The second-order valence-electron chi connectivity index (χ2n) is 8.84. The molecule has 0 unspecified atom stereocenters. The summed E-state index contributed by atoms with van der Waals surface area (Å²) in [5, 5.41) is 19.7. The second kappa shape index (κ2) is 8.44. The van der Waals surface area contributed by atoms with Gasteiger partial charge in [-0.15, -0.1) is 0 Å². The molecule has 0 spiro atoms. The average Bonchev–Trinajstić information content (AvgIpc) is 3.47. The molecule has 4 rings (SSSR count). The Morgan fingerprint density at radius 1 is 1.40 bits per heavy atom. The third-order valence-corrected chi connectivity index (χ3v) is 5.85. The Bertz CT molecular complexity index is 950. The normalized spacial score (nSPS) is 24.5. The lowest BCUT2D eigenvalue weighted by Gasteiger charge is -2.27. The number of benzene rings is 1. The van der Waals surface area contributed by atoms with E-state index in [4.69, 9.17) is 0 Å². The summed E-state index contributed by atoms with van der Waals surface area (Å²) in [7, 11) is 0. The summed E-state index contributed by atoms with van der Waals surface area (Å²) < 4.78 is 0. The minimum Gasteiger partial charge on any atom is -0.353 e. The Morgan fingerprint density at radius 2 is 2.23 bits per heavy atom. The lowest BCUT2D eigenvalue weighted by Crippen LogP contribution is -2.53. The highest BCUT2D eigenvalue weighted by Gasteiger charge is 2.40. The maximum absolute atomic E-state index is 12.9. The first-order valence-electron chi connectivity index (χ1n) is 10.7. The van der Waals surface area contributed by atoms with Crippen molar-refractivity contribution in [3.63, 3.8) is 0 Å². The van der Waals surface area contributed by atoms with E-state index in [1.807, 2.05) is 24.3 Å². The van der Waals surface area contributed by atoms with Crippen LogP contribution < -0.4 is 16.0 Å². The Hall–Kier alpha value is -2.92. The zero-order valence-corrected chi connectivity index (χ0v) is 17.5. The molecule has 1 saturated heterocycles. The summed E-state index contributed by atoms with van der Waals surface area (Å²) in [6.07, 6.45) is 2.57. The van der Waals surface area contributed by atoms with Gasteiger partial charge in [-0.2, -0.15) is 5.26 Å². The lowest BCUT2D eigenvalue weighted by molar-refractivity contribution is 0.0934. The molecule has 2 aliphatic heterocycles. The third kappa shape index (κ3) is 4.31. The smallest absolute Gasteiger partial charge is 0.287 e. The molecule has 8 heteroatoms. The van der Waals surface area contributed by atoms with Gasteiger partial charge in [0.25, 0.3) is 5.91 Å². The fourth-order valence-corrected chi connectivity index (χ4v) is 4.34. The standard InChI is InChI=1S/C22H29N7O/c1-14(2)9-18(28-21(30)20-26-16-5-3-4-6-17(16)27-20)19-25-13-22(12-23,29-19)10-15-7-8-24-11-15/h3-6,14-15,18,24H,7-11,13H2,1-2H3,(H,25,29)(H,26,27)(H,28,30)/t15-,18-,22+/m0/s1. The molecular weight excluding hydrogens is 378 g/mol. The monoisotopic (exact) mass is 407 g/mol. The maximum Gasteiger partial charge on any atom is 0.287 e. The van der Waals surface area contributed by atoms with Crippen molar-refractivity contribution in [2.45, 2.75) is 44.7 Å². The minimum absolute atomic E-state index is 0.268. The number of nitrogens with zero attached hydrogens (tertiary/aromatic N) is 3. The van der Waals surface area contributed by atoms with E-state index in [0.29, 0.717) is 24.2 Å². The molecule has 3 heterocycles. The summed E-state index contributed by atoms with van der Waals surface area (Å²) in [6.45, 7) is 6.59. The van der Waals surface area contributed by atoms with Crippen LogP contribution in [0.3, 0.4) is 0 Å². The number of aromatic amines is 1. The third-order valence-electron chi connectivity index (χ3n) is 5.85. The molecule has 30 heavy (non-hydrogen) atoms. The Balaban J connectivity index is 1.48. The predicted molar refractivity (Wildman–Crippen MR) is 116 cm³/mol. The van der Waals surface area contributed by atoms with Crippen LogP contribution in [0.1, 0.15) is 43.7 Å². The van der Waals surface area contributed by atoms with Crippen molar-refractivity contribution in [3.8, 4) is 6.07 Å². The quantitative estimate of drug-likeness (QED) is 0.560. The van der Waals surface area contributed by atoms with E-state index in [-0.39, 0.29) is 17.8 Å². The van der Waals surface area contributed by atoms with Crippen LogP contribution in [0.15, 0.2) is 29.3 Å². The highest BCUT2D eigenvalue weighted by Crippen LogP contribution is 2.26. The van der Waals surface area contributed by atoms with E-state index >= 15 is 0 Å². The van der Waals surface area contributed by atoms with Crippen molar-refractivity contribution in [1.82, 2.24) is 25.9 Å². The minimum atomic E-state index is -0.689. The second-order valence-corrected chi connectivity index (χ2v) is 8.84. The van der Waals surface area contributed by atoms with Gasteiger partial charge in [0.2, 0.25) is 0 Å². The van der Waals surface area contributed by atoms with Crippen LogP contribution in [-0.4, -0.2) is 52.9 Å². The molecule has 1 aromatic heterocycles. The van der Waals surface area contributed by atoms with Crippen molar-refractivity contribution >= 4 is 22.8 Å². The molecule has 8 nitrogen and oxygen atoms in total. The number of fused-ring (bicyclic) bond motifs is 1. The van der Waals surface area contributed by atoms with E-state index in [1.54, 1.807) is 0 Å². The predicted octanol–water partition coefficient (Wildman–Crippen LogP) is 1.97. The summed E-state index contributed by atoms with van der Waals surface area (Å²) in [4.78, 5) is 25.0. The number of aromatic nitrogens is 2. The molecule has 2 aromatic rings. The molecular formula is C22H29N7O. The van der Waals surface area contributed by atoms with Crippen LogP contribution in [0.5, 0.6) is 0 Å². The number of H-pyrrole nitrogens is 1. The molecule has 158 valence electrons. The summed E-state index contributed by atoms with van der Waals surface area (Å²) in [5.41, 5.74) is 0.895. The van der Waals surface area contributed by atoms with Crippen molar-refractivity contribution in [3.05, 3.63) is 30.1 Å². The molecule has 0 radical (unpaired) electrons. The molecule has 3 atom stereocenters. The highest BCUT2D eigenvalue weighted by molar-refractivity contribution is 5.99. The van der Waals surface area contributed by atoms with E-state index in [0.717, 1.165) is 43.4 Å². The number of imidazole rings is 1. The Morgan fingerprint density at radius 3 is 2.93 bits per heavy atom. The molecule has 1 aromatic carbocycles. The first kappa shape index (κ1) is 20.4. The van der Waals surface area contributed by atoms with Gasteiger partial charge in [-0.05, 0) is 56.3 Å². The van der Waals surface area contributed by atoms with Gasteiger partial charge in [0, 0.05) is 0 Å². The number of aliphatic imine (C=N–C) groups is 1. The number of hydrogen-bond acceptors (Lipinski definition) is 6. The molecule has 0 bridgehead atoms. The van der Waals surface area contributed by atoms with Crippen LogP contribution in [-0.2, 0) is 0 Å². The number of rotatable bonds is 7. The van der Waals surface area contributed by atoms with Gasteiger partial charge in [0.1, 0.15) is 11.4 Å². The van der Waals surface area contributed by atoms with Gasteiger partial charge in [0.15, 0.2) is 5.82 Å². The molecule has 1 amide bonds. The van der Waals surface area contributed by atoms with E-state index in [1.165, 1.54) is 0 Å². The van der Waals surface area contributed by atoms with Crippen LogP contribution in [0.4, 0.5) is 0 Å². The van der Waals surface area contributed by atoms with Crippen molar-refractivity contribution < 1.29 is 4.79 Å².